The zero-order chi connectivity index (χ0) is 21.5. The first-order valence-corrected chi connectivity index (χ1v) is 10.6. The summed E-state index contributed by atoms with van der Waals surface area (Å²) in [5.74, 6) is 0.338. The molecule has 4 nitrogen and oxygen atoms in total. The lowest BCUT2D eigenvalue weighted by molar-refractivity contribution is -0.130. The smallest absolute Gasteiger partial charge is 0.338 e. The minimum absolute atomic E-state index is 0.265. The highest BCUT2D eigenvalue weighted by Crippen LogP contribution is 2.36. The Morgan fingerprint density at radius 1 is 1.13 bits per heavy atom. The summed E-state index contributed by atoms with van der Waals surface area (Å²) in [6, 6.07) is 14.2. The van der Waals surface area contributed by atoms with Gasteiger partial charge in [0.2, 0.25) is 0 Å². The van der Waals surface area contributed by atoms with Crippen LogP contribution in [0.5, 0.6) is 5.75 Å². The highest BCUT2D eigenvalue weighted by atomic mass is 16.7. The van der Waals surface area contributed by atoms with E-state index in [-0.39, 0.29) is 6.10 Å². The Labute approximate surface area is 179 Å². The second kappa shape index (κ2) is 10.1. The van der Waals surface area contributed by atoms with Crippen LogP contribution in [0, 0.1) is 0 Å². The number of carbonyl (C=O) groups excluding carboxylic acids is 1. The Morgan fingerprint density at radius 3 is 2.53 bits per heavy atom. The average molecular weight is 407 g/mol. The van der Waals surface area contributed by atoms with E-state index in [9.17, 15) is 4.79 Å². The van der Waals surface area contributed by atoms with Gasteiger partial charge >= 0.3 is 5.97 Å². The van der Waals surface area contributed by atoms with E-state index in [2.05, 4.69) is 44.3 Å². The second-order valence-corrected chi connectivity index (χ2v) is 7.72. The number of carbonyl (C=O) groups is 1. The molecule has 2 aromatic carbocycles. The standard InChI is InChI=1S/C26H30O4/c1-5-6-7-8-9-20-10-12-21(13-11-20)23-15-14-22(25-17-28-19(4)29-25)16-24(23)30-26(27)18(2)3/h10-16,25H,2,4-9,17H2,1,3H3. The van der Waals surface area contributed by atoms with Crippen molar-refractivity contribution < 1.29 is 19.0 Å². The molecule has 0 radical (unpaired) electrons. The molecule has 1 saturated heterocycles. The molecule has 0 N–H and O–H groups in total. The fraction of sp³-hybridized carbons (Fsp3) is 0.346. The quantitative estimate of drug-likeness (QED) is 0.206. The third-order valence-corrected chi connectivity index (χ3v) is 5.18. The molecule has 3 rings (SSSR count). The average Bonchev–Trinajstić information content (AvgIpc) is 3.18. The first-order valence-electron chi connectivity index (χ1n) is 10.6. The summed E-state index contributed by atoms with van der Waals surface area (Å²) >= 11 is 0. The van der Waals surface area contributed by atoms with E-state index in [1.54, 1.807) is 6.92 Å². The Kier molecular flexibility index (Phi) is 7.34. The molecule has 0 saturated carbocycles. The van der Waals surface area contributed by atoms with Gasteiger partial charge in [0.05, 0.1) is 0 Å². The van der Waals surface area contributed by atoms with E-state index in [4.69, 9.17) is 14.2 Å². The summed E-state index contributed by atoms with van der Waals surface area (Å²) < 4.78 is 16.6. The number of aryl methyl sites for hydroxylation is 1. The predicted molar refractivity (Wildman–Crippen MR) is 119 cm³/mol. The van der Waals surface area contributed by atoms with Gasteiger partial charge in [-0.2, -0.15) is 0 Å². The van der Waals surface area contributed by atoms with Crippen molar-refractivity contribution in [2.75, 3.05) is 6.61 Å². The molecule has 1 unspecified atom stereocenters. The van der Waals surface area contributed by atoms with Crippen molar-refractivity contribution in [3.8, 4) is 16.9 Å². The first kappa shape index (κ1) is 21.7. The zero-order valence-electron chi connectivity index (χ0n) is 17.9. The Morgan fingerprint density at radius 2 is 1.90 bits per heavy atom. The molecule has 0 spiro atoms. The second-order valence-electron chi connectivity index (χ2n) is 7.72. The maximum absolute atomic E-state index is 12.2. The van der Waals surface area contributed by atoms with Gasteiger partial charge in [-0.1, -0.05) is 69.2 Å². The van der Waals surface area contributed by atoms with Crippen LogP contribution in [0.3, 0.4) is 0 Å². The van der Waals surface area contributed by atoms with Gasteiger partial charge in [-0.05, 0) is 49.1 Å². The summed E-state index contributed by atoms with van der Waals surface area (Å²) in [6.45, 7) is 11.6. The van der Waals surface area contributed by atoms with Crippen molar-refractivity contribution in [2.24, 2.45) is 0 Å². The van der Waals surface area contributed by atoms with Gasteiger partial charge in [0.15, 0.2) is 6.10 Å². The van der Waals surface area contributed by atoms with Crippen LogP contribution in [0.1, 0.15) is 56.8 Å². The van der Waals surface area contributed by atoms with Crippen molar-refractivity contribution in [2.45, 2.75) is 52.1 Å². The maximum Gasteiger partial charge on any atom is 0.338 e. The van der Waals surface area contributed by atoms with E-state index >= 15 is 0 Å². The molecule has 0 aromatic heterocycles. The van der Waals surface area contributed by atoms with Crippen LogP contribution in [0.2, 0.25) is 0 Å². The van der Waals surface area contributed by atoms with Crippen molar-refractivity contribution in [3.63, 3.8) is 0 Å². The van der Waals surface area contributed by atoms with E-state index in [0.717, 1.165) is 23.1 Å². The van der Waals surface area contributed by atoms with Crippen LogP contribution in [0.25, 0.3) is 11.1 Å². The molecule has 0 amide bonds. The number of hydrogen-bond acceptors (Lipinski definition) is 4. The fourth-order valence-electron chi connectivity index (χ4n) is 3.42. The van der Waals surface area contributed by atoms with E-state index in [1.165, 1.54) is 31.2 Å². The molecule has 1 atom stereocenters. The van der Waals surface area contributed by atoms with E-state index < -0.39 is 5.97 Å². The largest absolute Gasteiger partial charge is 0.462 e. The highest BCUT2D eigenvalue weighted by Gasteiger charge is 2.24. The first-order chi connectivity index (χ1) is 14.5. The predicted octanol–water partition coefficient (Wildman–Crippen LogP) is 6.52. The molecule has 30 heavy (non-hydrogen) atoms. The van der Waals surface area contributed by atoms with Crippen LogP contribution in [0.4, 0.5) is 0 Å². The van der Waals surface area contributed by atoms with Gasteiger partial charge in [-0.3, -0.25) is 0 Å². The van der Waals surface area contributed by atoms with Gasteiger partial charge < -0.3 is 14.2 Å². The molecule has 1 aliphatic heterocycles. The fourth-order valence-corrected chi connectivity index (χ4v) is 3.42. The summed E-state index contributed by atoms with van der Waals surface area (Å²) in [5.41, 5.74) is 4.39. The molecule has 158 valence electrons. The molecular weight excluding hydrogens is 376 g/mol. The monoisotopic (exact) mass is 406 g/mol. The summed E-state index contributed by atoms with van der Waals surface area (Å²) in [5, 5.41) is 0. The third kappa shape index (κ3) is 5.53. The Balaban J connectivity index is 1.84. The Bertz CT molecular complexity index is 911. The van der Waals surface area contributed by atoms with Gasteiger partial charge in [0.1, 0.15) is 12.4 Å². The lowest BCUT2D eigenvalue weighted by atomic mass is 9.98. The summed E-state index contributed by atoms with van der Waals surface area (Å²) in [6.07, 6.45) is 5.81. The number of hydrogen-bond donors (Lipinski definition) is 0. The summed E-state index contributed by atoms with van der Waals surface area (Å²) in [4.78, 5) is 12.2. The number of ether oxygens (including phenoxy) is 3. The SMILES string of the molecule is C=C1OCC(c2ccc(-c3ccc(CCCCCC)cc3)c(OC(=O)C(=C)C)c2)O1. The maximum atomic E-state index is 12.2. The zero-order valence-corrected chi connectivity index (χ0v) is 17.9. The molecule has 0 aliphatic carbocycles. The van der Waals surface area contributed by atoms with Crippen molar-refractivity contribution in [1.82, 2.24) is 0 Å². The highest BCUT2D eigenvalue weighted by molar-refractivity contribution is 5.90. The topological polar surface area (TPSA) is 44.8 Å². The van der Waals surface area contributed by atoms with Crippen molar-refractivity contribution in [1.29, 1.82) is 0 Å². The van der Waals surface area contributed by atoms with Crippen molar-refractivity contribution >= 4 is 5.97 Å². The number of esters is 1. The van der Waals surface area contributed by atoms with Crippen LogP contribution in [-0.4, -0.2) is 12.6 Å². The van der Waals surface area contributed by atoms with E-state index in [1.807, 2.05) is 18.2 Å². The minimum atomic E-state index is -0.450. The molecule has 4 heteroatoms. The molecule has 1 heterocycles. The Hall–Kier alpha value is -3.01. The number of rotatable bonds is 9. The molecule has 1 aliphatic rings. The van der Waals surface area contributed by atoms with Crippen molar-refractivity contribution in [3.05, 3.63) is 78.3 Å². The number of benzene rings is 2. The van der Waals surface area contributed by atoms with Crippen LogP contribution >= 0.6 is 0 Å². The van der Waals surface area contributed by atoms with Crippen LogP contribution in [0.15, 0.2) is 67.1 Å². The van der Waals surface area contributed by atoms with Gasteiger partial charge in [0.25, 0.3) is 5.95 Å². The van der Waals surface area contributed by atoms with Crippen LogP contribution < -0.4 is 4.74 Å². The molecule has 0 bridgehead atoms. The van der Waals surface area contributed by atoms with Gasteiger partial charge in [-0.25, -0.2) is 4.79 Å². The van der Waals surface area contributed by atoms with E-state index in [0.29, 0.717) is 23.9 Å². The normalized spacial score (nSPS) is 15.4. The van der Waals surface area contributed by atoms with Crippen LogP contribution in [-0.2, 0) is 20.7 Å². The molecule has 1 fully saturated rings. The lowest BCUT2D eigenvalue weighted by Crippen LogP contribution is -2.10. The summed E-state index contributed by atoms with van der Waals surface area (Å²) in [7, 11) is 0. The van der Waals surface area contributed by atoms with Gasteiger partial charge in [-0.15, -0.1) is 0 Å². The number of unbranched alkanes of at least 4 members (excludes halogenated alkanes) is 3. The molecular formula is C26H30O4. The molecule has 2 aromatic rings. The lowest BCUT2D eigenvalue weighted by Gasteiger charge is -2.15. The minimum Gasteiger partial charge on any atom is -0.462 e. The third-order valence-electron chi connectivity index (χ3n) is 5.18. The van der Waals surface area contributed by atoms with Gasteiger partial charge in [0, 0.05) is 11.1 Å².